The number of hydrogen-bond donors (Lipinski definition) is 1. The van der Waals surface area contributed by atoms with Crippen LogP contribution in [0.5, 0.6) is 0 Å². The molecule has 0 aliphatic carbocycles. The van der Waals surface area contributed by atoms with Crippen LogP contribution in [0.25, 0.3) is 11.0 Å². The minimum Gasteiger partial charge on any atom is -0.341 e. The average molecular weight is 214 g/mol. The molecule has 0 bridgehead atoms. The molecule has 1 radical (unpaired) electrons. The van der Waals surface area contributed by atoms with E-state index in [0.29, 0.717) is 6.04 Å². The molecule has 0 spiro atoms. The molecule has 1 aromatic carbocycles. The van der Waals surface area contributed by atoms with Crippen molar-refractivity contribution >= 4 is 11.0 Å². The van der Waals surface area contributed by atoms with Crippen molar-refractivity contribution in [2.24, 2.45) is 0 Å². The van der Waals surface area contributed by atoms with Crippen molar-refractivity contribution in [2.75, 3.05) is 6.54 Å². The summed E-state index contributed by atoms with van der Waals surface area (Å²) in [5, 5.41) is 4.63. The third kappa shape index (κ3) is 1.61. The second-order valence-corrected chi connectivity index (χ2v) is 4.51. The van der Waals surface area contributed by atoms with Gasteiger partial charge in [-0.2, -0.15) is 0 Å². The van der Waals surface area contributed by atoms with Gasteiger partial charge in [-0.3, -0.25) is 0 Å². The Morgan fingerprint density at radius 1 is 1.31 bits per heavy atom. The Balaban J connectivity index is 2.01. The van der Waals surface area contributed by atoms with Crippen molar-refractivity contribution in [2.45, 2.75) is 32.2 Å². The highest BCUT2D eigenvalue weighted by molar-refractivity contribution is 5.78. The number of rotatable bonds is 1. The first-order chi connectivity index (χ1) is 7.84. The molecule has 1 atom stereocenters. The Morgan fingerprint density at radius 2 is 2.25 bits per heavy atom. The SMILES string of the molecule is Cc1cccc2[nH]c(C3CCCC[N]3)nc12. The highest BCUT2D eigenvalue weighted by Crippen LogP contribution is 2.25. The molecule has 0 amide bonds. The van der Waals surface area contributed by atoms with Crippen molar-refractivity contribution in [3.8, 4) is 0 Å². The normalized spacial score (nSPS) is 21.4. The number of H-pyrrole nitrogens is 1. The van der Waals surface area contributed by atoms with Crippen LogP contribution in [-0.2, 0) is 0 Å². The Morgan fingerprint density at radius 3 is 3.00 bits per heavy atom. The summed E-state index contributed by atoms with van der Waals surface area (Å²) in [6.07, 6.45) is 3.64. The van der Waals surface area contributed by atoms with E-state index >= 15 is 0 Å². The standard InChI is InChI=1S/C13H16N3/c1-9-5-4-7-10-12(9)16-13(15-10)11-6-2-3-8-14-11/h4-5,7,11H,2-3,6,8H2,1H3,(H,15,16). The zero-order valence-corrected chi connectivity index (χ0v) is 9.53. The van der Waals surface area contributed by atoms with E-state index < -0.39 is 0 Å². The van der Waals surface area contributed by atoms with E-state index in [9.17, 15) is 0 Å². The highest BCUT2D eigenvalue weighted by atomic mass is 15.0. The van der Waals surface area contributed by atoms with Gasteiger partial charge in [0, 0.05) is 6.54 Å². The average Bonchev–Trinajstić information content (AvgIpc) is 2.76. The molecule has 1 saturated heterocycles. The molecule has 83 valence electrons. The van der Waals surface area contributed by atoms with Crippen molar-refractivity contribution < 1.29 is 0 Å². The smallest absolute Gasteiger partial charge is 0.126 e. The monoisotopic (exact) mass is 214 g/mol. The number of hydrogen-bond acceptors (Lipinski definition) is 1. The summed E-state index contributed by atoms with van der Waals surface area (Å²) in [7, 11) is 0. The molecule has 3 rings (SSSR count). The van der Waals surface area contributed by atoms with Crippen LogP contribution >= 0.6 is 0 Å². The van der Waals surface area contributed by atoms with E-state index in [1.807, 2.05) is 0 Å². The Bertz CT molecular complexity index is 495. The lowest BCUT2D eigenvalue weighted by molar-refractivity contribution is 0.391. The van der Waals surface area contributed by atoms with Crippen molar-refractivity contribution in [1.29, 1.82) is 0 Å². The number of nitrogens with one attached hydrogen (secondary N) is 1. The van der Waals surface area contributed by atoms with Crippen molar-refractivity contribution in [1.82, 2.24) is 15.3 Å². The summed E-state index contributed by atoms with van der Waals surface area (Å²) in [5.41, 5.74) is 3.46. The van der Waals surface area contributed by atoms with Gasteiger partial charge in [0.2, 0.25) is 0 Å². The van der Waals surface area contributed by atoms with Crippen molar-refractivity contribution in [3.63, 3.8) is 0 Å². The Kier molecular flexibility index (Phi) is 2.40. The van der Waals surface area contributed by atoms with Gasteiger partial charge in [-0.05, 0) is 31.4 Å². The summed E-state index contributed by atoms with van der Waals surface area (Å²) in [5.74, 6) is 1.05. The van der Waals surface area contributed by atoms with Gasteiger partial charge in [0.1, 0.15) is 5.82 Å². The minimum absolute atomic E-state index is 0.292. The number of aryl methyl sites for hydroxylation is 1. The Hall–Kier alpha value is -1.35. The van der Waals surface area contributed by atoms with Gasteiger partial charge in [-0.15, -0.1) is 0 Å². The van der Waals surface area contributed by atoms with Crippen molar-refractivity contribution in [3.05, 3.63) is 29.6 Å². The van der Waals surface area contributed by atoms with E-state index in [2.05, 4.69) is 40.4 Å². The number of benzene rings is 1. The molecule has 2 aromatic rings. The first kappa shape index (κ1) is 9.85. The van der Waals surface area contributed by atoms with Gasteiger partial charge in [0.05, 0.1) is 17.1 Å². The van der Waals surface area contributed by atoms with Crippen LogP contribution in [0.2, 0.25) is 0 Å². The largest absolute Gasteiger partial charge is 0.341 e. The van der Waals surface area contributed by atoms with E-state index in [4.69, 9.17) is 0 Å². The number of imidazole rings is 1. The molecular formula is C13H16N3. The van der Waals surface area contributed by atoms with Gasteiger partial charge >= 0.3 is 0 Å². The fraction of sp³-hybridized carbons (Fsp3) is 0.462. The molecule has 16 heavy (non-hydrogen) atoms. The summed E-state index contributed by atoms with van der Waals surface area (Å²) < 4.78 is 0. The van der Waals surface area contributed by atoms with Crippen LogP contribution in [-0.4, -0.2) is 16.5 Å². The first-order valence-corrected chi connectivity index (χ1v) is 5.96. The zero-order chi connectivity index (χ0) is 11.0. The fourth-order valence-electron chi connectivity index (χ4n) is 2.36. The third-order valence-corrected chi connectivity index (χ3v) is 3.28. The minimum atomic E-state index is 0.292. The van der Waals surface area contributed by atoms with E-state index in [1.54, 1.807) is 0 Å². The summed E-state index contributed by atoms with van der Waals surface area (Å²) in [4.78, 5) is 8.09. The third-order valence-electron chi connectivity index (χ3n) is 3.28. The van der Waals surface area contributed by atoms with Gasteiger partial charge in [-0.1, -0.05) is 18.6 Å². The number of aromatic amines is 1. The molecule has 2 heterocycles. The lowest BCUT2D eigenvalue weighted by Crippen LogP contribution is -2.21. The predicted octanol–water partition coefficient (Wildman–Crippen LogP) is 2.70. The molecule has 3 nitrogen and oxygen atoms in total. The van der Waals surface area contributed by atoms with Gasteiger partial charge in [0.15, 0.2) is 0 Å². The second kappa shape index (κ2) is 3.91. The fourth-order valence-corrected chi connectivity index (χ4v) is 2.36. The summed E-state index contributed by atoms with van der Waals surface area (Å²) >= 11 is 0. The molecule has 1 unspecified atom stereocenters. The summed E-state index contributed by atoms with van der Waals surface area (Å²) in [6.45, 7) is 3.09. The van der Waals surface area contributed by atoms with Gasteiger partial charge in [0.25, 0.3) is 0 Å². The van der Waals surface area contributed by atoms with Crippen LogP contribution in [0.15, 0.2) is 18.2 Å². The molecular weight excluding hydrogens is 198 g/mol. The van der Waals surface area contributed by atoms with E-state index in [1.165, 1.54) is 18.4 Å². The molecule has 1 N–H and O–H groups in total. The molecule has 1 aromatic heterocycles. The number of fused-ring (bicyclic) bond motifs is 1. The highest BCUT2D eigenvalue weighted by Gasteiger charge is 2.19. The molecule has 3 heteroatoms. The molecule has 0 saturated carbocycles. The summed E-state index contributed by atoms with van der Waals surface area (Å²) in [6, 6.07) is 6.55. The predicted molar refractivity (Wildman–Crippen MR) is 64.4 cm³/mol. The maximum Gasteiger partial charge on any atom is 0.126 e. The number of nitrogens with zero attached hydrogens (tertiary/aromatic N) is 2. The number of para-hydroxylation sites is 1. The first-order valence-electron chi connectivity index (χ1n) is 5.96. The molecule has 1 aliphatic heterocycles. The van der Waals surface area contributed by atoms with Crippen LogP contribution < -0.4 is 5.32 Å². The maximum atomic E-state index is 4.69. The lowest BCUT2D eigenvalue weighted by atomic mass is 10.0. The maximum absolute atomic E-state index is 4.69. The van der Waals surface area contributed by atoms with Crippen LogP contribution in [0.3, 0.4) is 0 Å². The van der Waals surface area contributed by atoms with Gasteiger partial charge < -0.3 is 4.98 Å². The number of piperidine rings is 1. The Labute approximate surface area is 95.3 Å². The number of aromatic nitrogens is 2. The lowest BCUT2D eigenvalue weighted by Gasteiger charge is -2.19. The van der Waals surface area contributed by atoms with E-state index in [-0.39, 0.29) is 0 Å². The zero-order valence-electron chi connectivity index (χ0n) is 9.53. The quantitative estimate of drug-likeness (QED) is 0.779. The molecule has 1 fully saturated rings. The topological polar surface area (TPSA) is 42.8 Å². The van der Waals surface area contributed by atoms with Gasteiger partial charge in [-0.25, -0.2) is 10.3 Å². The van der Waals surface area contributed by atoms with Crippen LogP contribution in [0, 0.1) is 6.92 Å². The molecule has 1 aliphatic rings. The van der Waals surface area contributed by atoms with E-state index in [0.717, 1.165) is 29.8 Å². The second-order valence-electron chi connectivity index (χ2n) is 4.51. The van der Waals surface area contributed by atoms with Crippen LogP contribution in [0.1, 0.15) is 36.7 Å². The van der Waals surface area contributed by atoms with Crippen LogP contribution in [0.4, 0.5) is 0 Å².